The number of hydrogen-bond donors (Lipinski definition) is 1. The number of rotatable bonds is 6. The van der Waals surface area contributed by atoms with Crippen LogP contribution in [0.2, 0.25) is 0 Å². The summed E-state index contributed by atoms with van der Waals surface area (Å²) in [6.45, 7) is 2.17. The third-order valence-corrected chi connectivity index (χ3v) is 6.15. The van der Waals surface area contributed by atoms with Crippen molar-refractivity contribution in [2.45, 2.75) is 13.5 Å². The molecule has 0 bridgehead atoms. The predicted molar refractivity (Wildman–Crippen MR) is 137 cm³/mol. The number of hydrogen-bond acceptors (Lipinski definition) is 6. The number of amidine groups is 1. The second kappa shape index (κ2) is 10.5. The lowest BCUT2D eigenvalue weighted by atomic mass is 10.1. The molecular formula is C25H20BrN3O3S. The Kier molecular flexibility index (Phi) is 7.26. The Bertz CT molecular complexity index is 1270. The van der Waals surface area contributed by atoms with Gasteiger partial charge in [-0.1, -0.05) is 52.3 Å². The van der Waals surface area contributed by atoms with Crippen molar-refractivity contribution >= 4 is 57.1 Å². The SMILES string of the molecule is CC(/C=N/N=C1\S/C(=C\c2cc(Br)ccc2O)C(=O)N1Cc1ccco1)=C\c1ccccc1. The van der Waals surface area contributed by atoms with Crippen molar-refractivity contribution in [3.05, 3.63) is 98.8 Å². The minimum atomic E-state index is -0.235. The number of allylic oxidation sites excluding steroid dienone is 1. The Morgan fingerprint density at radius 2 is 2.00 bits per heavy atom. The molecular weight excluding hydrogens is 502 g/mol. The summed E-state index contributed by atoms with van der Waals surface area (Å²) < 4.78 is 6.22. The van der Waals surface area contributed by atoms with Gasteiger partial charge in [0.1, 0.15) is 11.5 Å². The molecule has 0 radical (unpaired) electrons. The van der Waals surface area contributed by atoms with E-state index in [9.17, 15) is 9.90 Å². The van der Waals surface area contributed by atoms with E-state index in [1.165, 1.54) is 16.7 Å². The average Bonchev–Trinajstić information content (AvgIpc) is 3.41. The highest BCUT2D eigenvalue weighted by Crippen LogP contribution is 2.35. The Hall–Kier alpha value is -3.36. The molecule has 0 spiro atoms. The van der Waals surface area contributed by atoms with Crippen LogP contribution in [0.15, 0.2) is 96.5 Å². The molecule has 2 aromatic carbocycles. The van der Waals surface area contributed by atoms with Crippen molar-refractivity contribution in [3.8, 4) is 5.75 Å². The van der Waals surface area contributed by atoms with E-state index in [1.54, 1.807) is 48.9 Å². The number of carbonyl (C=O) groups excluding carboxylic acids is 1. The molecule has 0 aliphatic carbocycles. The Morgan fingerprint density at radius 1 is 1.18 bits per heavy atom. The molecule has 1 aliphatic heterocycles. The van der Waals surface area contributed by atoms with Crippen LogP contribution < -0.4 is 0 Å². The van der Waals surface area contributed by atoms with Gasteiger partial charge in [0, 0.05) is 10.0 Å². The molecule has 8 heteroatoms. The number of furan rings is 1. The van der Waals surface area contributed by atoms with Crippen LogP contribution in [0.5, 0.6) is 5.75 Å². The smallest absolute Gasteiger partial charge is 0.267 e. The van der Waals surface area contributed by atoms with Crippen molar-refractivity contribution in [3.63, 3.8) is 0 Å². The quantitative estimate of drug-likeness (QED) is 0.234. The van der Waals surface area contributed by atoms with Crippen LogP contribution in [-0.2, 0) is 11.3 Å². The number of thioether (sulfide) groups is 1. The van der Waals surface area contributed by atoms with Crippen molar-refractivity contribution in [2.24, 2.45) is 10.2 Å². The number of halogens is 1. The normalized spacial score (nSPS) is 17.1. The van der Waals surface area contributed by atoms with Gasteiger partial charge in [-0.2, -0.15) is 5.10 Å². The van der Waals surface area contributed by atoms with Crippen molar-refractivity contribution < 1.29 is 14.3 Å². The molecule has 0 saturated carbocycles. The summed E-state index contributed by atoms with van der Waals surface area (Å²) in [5.74, 6) is 0.482. The van der Waals surface area contributed by atoms with E-state index in [1.807, 2.05) is 43.3 Å². The summed E-state index contributed by atoms with van der Waals surface area (Å²) in [5.41, 5.74) is 2.52. The Balaban J connectivity index is 1.61. The van der Waals surface area contributed by atoms with Crippen LogP contribution in [0.1, 0.15) is 23.8 Å². The molecule has 3 aromatic rings. The van der Waals surface area contributed by atoms with Crippen LogP contribution in [0.3, 0.4) is 0 Å². The monoisotopic (exact) mass is 521 g/mol. The second-order valence-corrected chi connectivity index (χ2v) is 9.14. The number of benzene rings is 2. The first-order valence-electron chi connectivity index (χ1n) is 10.1. The molecule has 4 rings (SSSR count). The second-order valence-electron chi connectivity index (χ2n) is 7.21. The summed E-state index contributed by atoms with van der Waals surface area (Å²) >= 11 is 4.59. The average molecular weight is 522 g/mol. The van der Waals surface area contributed by atoms with Crippen molar-refractivity contribution in [1.82, 2.24) is 4.90 Å². The van der Waals surface area contributed by atoms with Gasteiger partial charge in [0.2, 0.25) is 0 Å². The number of nitrogens with zero attached hydrogens (tertiary/aromatic N) is 3. The first-order chi connectivity index (χ1) is 16.0. The lowest BCUT2D eigenvalue weighted by Crippen LogP contribution is -2.28. The van der Waals surface area contributed by atoms with E-state index in [2.05, 4.69) is 26.1 Å². The molecule has 1 N–H and O–H groups in total. The van der Waals surface area contributed by atoms with E-state index in [-0.39, 0.29) is 18.2 Å². The molecule has 6 nitrogen and oxygen atoms in total. The van der Waals surface area contributed by atoms with Crippen LogP contribution in [0.4, 0.5) is 0 Å². The van der Waals surface area contributed by atoms with Gasteiger partial charge in [0.15, 0.2) is 5.17 Å². The third kappa shape index (κ3) is 5.91. The molecule has 0 atom stereocenters. The minimum absolute atomic E-state index is 0.0850. The van der Waals surface area contributed by atoms with Crippen LogP contribution in [0.25, 0.3) is 12.2 Å². The van der Waals surface area contributed by atoms with Gasteiger partial charge in [-0.15, -0.1) is 5.10 Å². The lowest BCUT2D eigenvalue weighted by Gasteiger charge is -2.12. The zero-order valence-corrected chi connectivity index (χ0v) is 20.1. The molecule has 2 heterocycles. The van der Waals surface area contributed by atoms with E-state index in [0.717, 1.165) is 15.6 Å². The number of amides is 1. The molecule has 1 aromatic heterocycles. The topological polar surface area (TPSA) is 78.4 Å². The fourth-order valence-corrected chi connectivity index (χ4v) is 4.39. The number of aromatic hydroxyl groups is 1. The maximum atomic E-state index is 13.1. The van der Waals surface area contributed by atoms with E-state index < -0.39 is 0 Å². The zero-order chi connectivity index (χ0) is 23.2. The van der Waals surface area contributed by atoms with E-state index >= 15 is 0 Å². The van der Waals surface area contributed by atoms with E-state index in [4.69, 9.17) is 4.42 Å². The largest absolute Gasteiger partial charge is 0.507 e. The van der Waals surface area contributed by atoms with Crippen molar-refractivity contribution in [1.29, 1.82) is 0 Å². The molecule has 1 saturated heterocycles. The number of phenols is 1. The van der Waals surface area contributed by atoms with Gasteiger partial charge in [-0.25, -0.2) is 0 Å². The fraction of sp³-hybridized carbons (Fsp3) is 0.0800. The standard InChI is InChI=1S/C25H20BrN3O3S/c1-17(12-18-6-3-2-4-7-18)15-27-28-25-29(16-21-8-5-11-32-21)24(31)23(33-25)14-19-13-20(26)9-10-22(19)30/h2-15,30H,16H2,1H3/b17-12+,23-14-,27-15+,28-25-. The molecule has 33 heavy (non-hydrogen) atoms. The molecule has 1 aliphatic rings. The third-order valence-electron chi connectivity index (χ3n) is 4.66. The molecule has 166 valence electrons. The zero-order valence-electron chi connectivity index (χ0n) is 17.7. The van der Waals surface area contributed by atoms with Crippen LogP contribution >= 0.6 is 27.7 Å². The number of phenolic OH excluding ortho intramolecular Hbond substituents is 1. The Morgan fingerprint density at radius 3 is 2.76 bits per heavy atom. The number of carbonyl (C=O) groups is 1. The van der Waals surface area contributed by atoms with Gasteiger partial charge < -0.3 is 9.52 Å². The van der Waals surface area contributed by atoms with Crippen LogP contribution in [-0.4, -0.2) is 27.3 Å². The maximum absolute atomic E-state index is 13.1. The van der Waals surface area contributed by atoms with Crippen molar-refractivity contribution in [2.75, 3.05) is 0 Å². The van der Waals surface area contributed by atoms with Gasteiger partial charge in [0.25, 0.3) is 5.91 Å². The highest BCUT2D eigenvalue weighted by molar-refractivity contribution is 9.10. The molecule has 1 amide bonds. The van der Waals surface area contributed by atoms with Gasteiger partial charge in [-0.3, -0.25) is 9.69 Å². The highest BCUT2D eigenvalue weighted by atomic mass is 79.9. The maximum Gasteiger partial charge on any atom is 0.267 e. The van der Waals surface area contributed by atoms with Crippen LogP contribution in [0, 0.1) is 0 Å². The van der Waals surface area contributed by atoms with Gasteiger partial charge >= 0.3 is 0 Å². The lowest BCUT2D eigenvalue weighted by molar-refractivity contribution is -0.122. The van der Waals surface area contributed by atoms with E-state index in [0.29, 0.717) is 21.4 Å². The summed E-state index contributed by atoms with van der Waals surface area (Å²) in [5, 5.41) is 19.1. The van der Waals surface area contributed by atoms with Gasteiger partial charge in [-0.05, 0) is 66.2 Å². The predicted octanol–water partition coefficient (Wildman–Crippen LogP) is 6.31. The van der Waals surface area contributed by atoms with Gasteiger partial charge in [0.05, 0.1) is 23.9 Å². The summed E-state index contributed by atoms with van der Waals surface area (Å²) in [6, 6.07) is 18.6. The molecule has 1 fully saturated rings. The summed E-state index contributed by atoms with van der Waals surface area (Å²) in [6.07, 6.45) is 6.86. The minimum Gasteiger partial charge on any atom is -0.507 e. The first kappa shape index (κ1) is 22.8. The summed E-state index contributed by atoms with van der Waals surface area (Å²) in [7, 11) is 0. The fourth-order valence-electron chi connectivity index (χ4n) is 3.08. The summed E-state index contributed by atoms with van der Waals surface area (Å²) in [4.78, 5) is 15.1. The highest BCUT2D eigenvalue weighted by Gasteiger charge is 2.34. The molecule has 0 unspecified atom stereocenters. The Labute approximate surface area is 204 Å². The first-order valence-corrected chi connectivity index (χ1v) is 11.7.